The summed E-state index contributed by atoms with van der Waals surface area (Å²) in [5, 5.41) is 4.37. The van der Waals surface area contributed by atoms with Gasteiger partial charge < -0.3 is 9.80 Å². The zero-order valence-corrected chi connectivity index (χ0v) is 16.2. The van der Waals surface area contributed by atoms with Crippen LogP contribution in [0.15, 0.2) is 30.3 Å². The maximum Gasteiger partial charge on any atom is 0.246 e. The molecule has 0 saturated carbocycles. The summed E-state index contributed by atoms with van der Waals surface area (Å²) < 4.78 is 14.9. The summed E-state index contributed by atoms with van der Waals surface area (Å²) in [7, 11) is 5.83. The summed E-state index contributed by atoms with van der Waals surface area (Å²) in [4.78, 5) is 16.5. The Morgan fingerprint density at radius 1 is 1.19 bits per heavy atom. The van der Waals surface area contributed by atoms with Crippen LogP contribution in [0.2, 0.25) is 0 Å². The maximum absolute atomic E-state index is 13.1. The van der Waals surface area contributed by atoms with E-state index >= 15 is 0 Å². The van der Waals surface area contributed by atoms with E-state index in [0.29, 0.717) is 13.1 Å². The number of carbonyl (C=O) groups is 1. The van der Waals surface area contributed by atoms with Crippen LogP contribution >= 0.6 is 0 Å². The first-order valence-corrected chi connectivity index (χ1v) is 8.64. The zero-order valence-electron chi connectivity index (χ0n) is 16.2. The first-order valence-electron chi connectivity index (χ1n) is 8.64. The summed E-state index contributed by atoms with van der Waals surface area (Å²) in [6.45, 7) is 5.71. The fourth-order valence-corrected chi connectivity index (χ4v) is 2.69. The van der Waals surface area contributed by atoms with Crippen molar-refractivity contribution in [2.75, 3.05) is 27.2 Å². The highest BCUT2D eigenvalue weighted by molar-refractivity contribution is 5.92. The van der Waals surface area contributed by atoms with Crippen LogP contribution in [0.3, 0.4) is 0 Å². The van der Waals surface area contributed by atoms with Gasteiger partial charge in [0.05, 0.1) is 5.69 Å². The summed E-state index contributed by atoms with van der Waals surface area (Å²) in [5.74, 6) is -0.346. The third-order valence-corrected chi connectivity index (χ3v) is 4.37. The predicted octanol–water partition coefficient (Wildman–Crippen LogP) is 2.78. The molecule has 6 heteroatoms. The van der Waals surface area contributed by atoms with E-state index in [2.05, 4.69) is 5.10 Å². The van der Waals surface area contributed by atoms with Gasteiger partial charge in [-0.15, -0.1) is 0 Å². The summed E-state index contributed by atoms with van der Waals surface area (Å²) in [6.07, 6.45) is 3.42. The molecule has 0 bridgehead atoms. The van der Waals surface area contributed by atoms with Crippen molar-refractivity contribution in [3.63, 3.8) is 0 Å². The molecule has 2 aromatic rings. The molecule has 0 aliphatic heterocycles. The fraction of sp³-hybridized carbons (Fsp3) is 0.400. The molecule has 26 heavy (non-hydrogen) atoms. The van der Waals surface area contributed by atoms with Crippen LogP contribution in [0.4, 0.5) is 4.39 Å². The predicted molar refractivity (Wildman–Crippen MR) is 102 cm³/mol. The number of hydrogen-bond acceptors (Lipinski definition) is 3. The highest BCUT2D eigenvalue weighted by Crippen LogP contribution is 2.14. The molecule has 0 fully saturated rings. The SMILES string of the molecule is Cc1nn(C)c(C)c1/C=C\C(=O)N(CCN(C)C)Cc1ccc(F)cc1. The van der Waals surface area contributed by atoms with Crippen molar-refractivity contribution in [1.29, 1.82) is 0 Å². The van der Waals surface area contributed by atoms with E-state index in [-0.39, 0.29) is 11.7 Å². The molecule has 1 aromatic heterocycles. The van der Waals surface area contributed by atoms with Crippen molar-refractivity contribution < 1.29 is 9.18 Å². The molecule has 140 valence electrons. The molecular formula is C20H27FN4O. The van der Waals surface area contributed by atoms with Gasteiger partial charge in [-0.2, -0.15) is 5.10 Å². The van der Waals surface area contributed by atoms with Gasteiger partial charge in [0.15, 0.2) is 0 Å². The molecule has 1 amide bonds. The molecule has 0 saturated heterocycles. The normalized spacial score (nSPS) is 11.5. The van der Waals surface area contributed by atoms with Crippen LogP contribution in [0, 0.1) is 19.7 Å². The lowest BCUT2D eigenvalue weighted by molar-refractivity contribution is -0.126. The van der Waals surface area contributed by atoms with E-state index in [9.17, 15) is 9.18 Å². The number of amides is 1. The number of aryl methyl sites for hydroxylation is 2. The standard InChI is InChI=1S/C20H27FN4O/c1-15-19(16(2)24(5)22-15)10-11-20(26)25(13-12-23(3)4)14-17-6-8-18(21)9-7-17/h6-11H,12-14H2,1-5H3/b11-10-. The molecule has 0 aliphatic rings. The third kappa shape index (κ3) is 5.26. The molecule has 0 atom stereocenters. The van der Waals surface area contributed by atoms with Crippen molar-refractivity contribution in [3.05, 3.63) is 58.7 Å². The summed E-state index contributed by atoms with van der Waals surface area (Å²) in [6, 6.07) is 6.26. The van der Waals surface area contributed by atoms with Crippen molar-refractivity contribution >= 4 is 12.0 Å². The first-order chi connectivity index (χ1) is 12.3. The monoisotopic (exact) mass is 358 g/mol. The average Bonchev–Trinajstić information content (AvgIpc) is 2.83. The Labute approximate surface area is 154 Å². The van der Waals surface area contributed by atoms with E-state index in [1.165, 1.54) is 12.1 Å². The highest BCUT2D eigenvalue weighted by Gasteiger charge is 2.13. The van der Waals surface area contributed by atoms with Gasteiger partial charge in [0.1, 0.15) is 5.82 Å². The summed E-state index contributed by atoms with van der Waals surface area (Å²) >= 11 is 0. The second kappa shape index (κ2) is 8.76. The minimum Gasteiger partial charge on any atom is -0.334 e. The van der Waals surface area contributed by atoms with Crippen LogP contribution < -0.4 is 0 Å². The van der Waals surface area contributed by atoms with Gasteiger partial charge in [0, 0.05) is 44.0 Å². The van der Waals surface area contributed by atoms with E-state index < -0.39 is 0 Å². The van der Waals surface area contributed by atoms with Crippen molar-refractivity contribution in [2.45, 2.75) is 20.4 Å². The highest BCUT2D eigenvalue weighted by atomic mass is 19.1. The number of aromatic nitrogens is 2. The maximum atomic E-state index is 13.1. The van der Waals surface area contributed by atoms with Crippen LogP contribution in [-0.4, -0.2) is 52.7 Å². The molecule has 1 heterocycles. The first kappa shape index (κ1) is 19.8. The quantitative estimate of drug-likeness (QED) is 0.715. The number of halogens is 1. The van der Waals surface area contributed by atoms with Gasteiger partial charge in [-0.1, -0.05) is 12.1 Å². The van der Waals surface area contributed by atoms with Gasteiger partial charge >= 0.3 is 0 Å². The molecule has 0 aliphatic carbocycles. The van der Waals surface area contributed by atoms with Crippen LogP contribution in [0.25, 0.3) is 6.08 Å². The molecular weight excluding hydrogens is 331 g/mol. The lowest BCUT2D eigenvalue weighted by Gasteiger charge is -2.23. The topological polar surface area (TPSA) is 41.4 Å². The summed E-state index contributed by atoms with van der Waals surface area (Å²) in [5.41, 5.74) is 3.79. The lowest BCUT2D eigenvalue weighted by Crippen LogP contribution is -2.35. The van der Waals surface area contributed by atoms with Gasteiger partial charge in [0.2, 0.25) is 5.91 Å². The number of likely N-dealkylation sites (N-methyl/N-ethyl adjacent to an activating group) is 1. The van der Waals surface area contributed by atoms with E-state index in [0.717, 1.165) is 29.1 Å². The van der Waals surface area contributed by atoms with Crippen LogP contribution in [0.5, 0.6) is 0 Å². The average molecular weight is 358 g/mol. The molecule has 2 rings (SSSR count). The fourth-order valence-electron chi connectivity index (χ4n) is 2.69. The number of hydrogen-bond donors (Lipinski definition) is 0. The van der Waals surface area contributed by atoms with E-state index in [1.54, 1.807) is 23.1 Å². The zero-order chi connectivity index (χ0) is 19.3. The van der Waals surface area contributed by atoms with Gasteiger partial charge in [0.25, 0.3) is 0 Å². The Kier molecular flexibility index (Phi) is 6.69. The van der Waals surface area contributed by atoms with Gasteiger partial charge in [-0.3, -0.25) is 9.48 Å². The third-order valence-electron chi connectivity index (χ3n) is 4.37. The number of benzene rings is 1. The molecule has 0 N–H and O–H groups in total. The van der Waals surface area contributed by atoms with Crippen molar-refractivity contribution in [1.82, 2.24) is 19.6 Å². The number of carbonyl (C=O) groups excluding carboxylic acids is 1. The smallest absolute Gasteiger partial charge is 0.246 e. The minimum absolute atomic E-state index is 0.0705. The Morgan fingerprint density at radius 3 is 2.38 bits per heavy atom. The molecule has 5 nitrogen and oxygen atoms in total. The Balaban J connectivity index is 2.16. The van der Waals surface area contributed by atoms with Crippen LogP contribution in [0.1, 0.15) is 22.5 Å². The number of nitrogens with zero attached hydrogens (tertiary/aromatic N) is 4. The second-order valence-corrected chi connectivity index (χ2v) is 6.73. The van der Waals surface area contributed by atoms with Gasteiger partial charge in [-0.05, 0) is 51.7 Å². The lowest BCUT2D eigenvalue weighted by atomic mass is 10.1. The molecule has 0 unspecified atom stereocenters. The molecule has 0 spiro atoms. The Hall–Kier alpha value is -2.47. The Bertz CT molecular complexity index is 778. The largest absolute Gasteiger partial charge is 0.334 e. The van der Waals surface area contributed by atoms with E-state index in [1.807, 2.05) is 50.6 Å². The van der Waals surface area contributed by atoms with Crippen LogP contribution in [-0.2, 0) is 18.4 Å². The molecule has 0 radical (unpaired) electrons. The van der Waals surface area contributed by atoms with Crippen molar-refractivity contribution in [3.8, 4) is 0 Å². The number of rotatable bonds is 7. The minimum atomic E-state index is -0.276. The van der Waals surface area contributed by atoms with Crippen molar-refractivity contribution in [2.24, 2.45) is 7.05 Å². The second-order valence-electron chi connectivity index (χ2n) is 6.73. The molecule has 1 aromatic carbocycles. The Morgan fingerprint density at radius 2 is 1.85 bits per heavy atom. The van der Waals surface area contributed by atoms with E-state index in [4.69, 9.17) is 0 Å². The van der Waals surface area contributed by atoms with Gasteiger partial charge in [-0.25, -0.2) is 4.39 Å².